The van der Waals surface area contributed by atoms with E-state index in [2.05, 4.69) is 15.5 Å². The summed E-state index contributed by atoms with van der Waals surface area (Å²) in [5.74, 6) is -0.000187. The quantitative estimate of drug-likeness (QED) is 0.854. The van der Waals surface area contributed by atoms with Crippen molar-refractivity contribution in [2.75, 3.05) is 13.1 Å². The van der Waals surface area contributed by atoms with Crippen LogP contribution >= 0.6 is 0 Å². The summed E-state index contributed by atoms with van der Waals surface area (Å²) in [6.45, 7) is 6.20. The molecule has 0 saturated carbocycles. The van der Waals surface area contributed by atoms with Crippen LogP contribution in [0.4, 0.5) is 0 Å². The Labute approximate surface area is 129 Å². The molecule has 0 saturated heterocycles. The molecule has 22 heavy (non-hydrogen) atoms. The molecule has 0 spiro atoms. The minimum Gasteiger partial charge on any atom is -0.389 e. The van der Waals surface area contributed by atoms with Gasteiger partial charge in [-0.05, 0) is 48.9 Å². The average molecular weight is 303 g/mol. The lowest BCUT2D eigenvalue weighted by atomic mass is 10.1. The number of benzene rings is 1. The van der Waals surface area contributed by atoms with Gasteiger partial charge >= 0.3 is 0 Å². The third-order valence-electron chi connectivity index (χ3n) is 3.22. The number of hydrogen-bond acceptors (Lipinski definition) is 5. The Morgan fingerprint density at radius 3 is 2.50 bits per heavy atom. The first-order valence-corrected chi connectivity index (χ1v) is 7.21. The number of rotatable bonds is 6. The maximum atomic E-state index is 12.3. The second-order valence-electron chi connectivity index (χ2n) is 5.82. The van der Waals surface area contributed by atoms with Crippen LogP contribution in [-0.4, -0.2) is 54.8 Å². The first-order chi connectivity index (χ1) is 10.4. The number of amides is 1. The van der Waals surface area contributed by atoms with Gasteiger partial charge in [-0.2, -0.15) is 0 Å². The Morgan fingerprint density at radius 1 is 1.32 bits per heavy atom. The van der Waals surface area contributed by atoms with E-state index in [0.717, 1.165) is 11.3 Å². The lowest BCUT2D eigenvalue weighted by Crippen LogP contribution is -2.42. The number of aliphatic hydroxyl groups is 1. The van der Waals surface area contributed by atoms with Crippen LogP contribution in [0.15, 0.2) is 30.6 Å². The fourth-order valence-electron chi connectivity index (χ4n) is 2.18. The zero-order valence-electron chi connectivity index (χ0n) is 13.1. The summed E-state index contributed by atoms with van der Waals surface area (Å²) in [6, 6.07) is 7.50. The number of aromatic nitrogens is 4. The van der Waals surface area contributed by atoms with Gasteiger partial charge in [0.2, 0.25) is 5.91 Å². The summed E-state index contributed by atoms with van der Waals surface area (Å²) in [5, 5.41) is 20.8. The largest absolute Gasteiger partial charge is 0.389 e. The van der Waals surface area contributed by atoms with Crippen LogP contribution in [0.2, 0.25) is 0 Å². The number of nitrogens with zero attached hydrogens (tertiary/aromatic N) is 5. The molecule has 1 aromatic heterocycles. The third kappa shape index (κ3) is 4.36. The first kappa shape index (κ1) is 16.1. The molecule has 1 amide bonds. The summed E-state index contributed by atoms with van der Waals surface area (Å²) in [7, 11) is 0. The van der Waals surface area contributed by atoms with Gasteiger partial charge in [0.15, 0.2) is 0 Å². The van der Waals surface area contributed by atoms with Crippen molar-refractivity contribution in [3.8, 4) is 5.69 Å². The van der Waals surface area contributed by atoms with Crippen molar-refractivity contribution >= 4 is 5.91 Å². The van der Waals surface area contributed by atoms with E-state index in [-0.39, 0.29) is 5.91 Å². The average Bonchev–Trinajstić information content (AvgIpc) is 2.98. The Hall–Kier alpha value is -2.28. The highest BCUT2D eigenvalue weighted by molar-refractivity contribution is 5.78. The Bertz CT molecular complexity index is 602. The van der Waals surface area contributed by atoms with Gasteiger partial charge in [0.1, 0.15) is 6.33 Å². The maximum Gasteiger partial charge on any atom is 0.227 e. The number of likely N-dealkylation sites (N-methyl/N-ethyl adjacent to an activating group) is 1. The number of carbonyl (C=O) groups is 1. The van der Waals surface area contributed by atoms with Gasteiger partial charge < -0.3 is 10.0 Å². The molecule has 0 atom stereocenters. The third-order valence-corrected chi connectivity index (χ3v) is 3.22. The summed E-state index contributed by atoms with van der Waals surface area (Å²) in [6.07, 6.45) is 1.82. The highest BCUT2D eigenvalue weighted by Crippen LogP contribution is 2.11. The molecule has 7 nitrogen and oxygen atoms in total. The van der Waals surface area contributed by atoms with E-state index in [4.69, 9.17) is 0 Å². The predicted octanol–water partition coefficient (Wildman–Crippen LogP) is 0.824. The Balaban J connectivity index is 2.02. The van der Waals surface area contributed by atoms with Crippen LogP contribution in [0.25, 0.3) is 5.69 Å². The fourth-order valence-corrected chi connectivity index (χ4v) is 2.18. The molecule has 2 aromatic rings. The van der Waals surface area contributed by atoms with Gasteiger partial charge in [0.05, 0.1) is 17.7 Å². The van der Waals surface area contributed by atoms with Gasteiger partial charge in [-0.1, -0.05) is 12.1 Å². The lowest BCUT2D eigenvalue weighted by Gasteiger charge is -2.28. The van der Waals surface area contributed by atoms with E-state index in [1.807, 2.05) is 31.2 Å². The molecule has 118 valence electrons. The summed E-state index contributed by atoms with van der Waals surface area (Å²) in [5.41, 5.74) is 0.858. The van der Waals surface area contributed by atoms with Crippen molar-refractivity contribution in [3.63, 3.8) is 0 Å². The van der Waals surface area contributed by atoms with Gasteiger partial charge in [-0.3, -0.25) is 4.79 Å². The standard InChI is InChI=1S/C15H21N5O2/c1-4-19(10-15(2,3)22)14(21)9-12-5-7-13(8-6-12)20-11-16-17-18-20/h5-8,11,22H,4,9-10H2,1-3H3. The summed E-state index contributed by atoms with van der Waals surface area (Å²) in [4.78, 5) is 14.0. The first-order valence-electron chi connectivity index (χ1n) is 7.21. The van der Waals surface area contributed by atoms with Gasteiger partial charge in [0, 0.05) is 13.1 Å². The molecule has 0 fully saturated rings. The van der Waals surface area contributed by atoms with E-state index >= 15 is 0 Å². The van der Waals surface area contributed by atoms with E-state index in [9.17, 15) is 9.90 Å². The zero-order valence-corrected chi connectivity index (χ0v) is 13.1. The predicted molar refractivity (Wildman–Crippen MR) is 81.4 cm³/mol. The molecule has 2 rings (SSSR count). The van der Waals surface area contributed by atoms with Gasteiger partial charge in [-0.25, -0.2) is 4.68 Å². The van der Waals surface area contributed by atoms with Crippen molar-refractivity contribution in [2.24, 2.45) is 0 Å². The van der Waals surface area contributed by atoms with E-state index in [1.165, 1.54) is 6.33 Å². The van der Waals surface area contributed by atoms with Gasteiger partial charge in [0.25, 0.3) is 0 Å². The topological polar surface area (TPSA) is 84.1 Å². The molecule has 0 radical (unpaired) electrons. The maximum absolute atomic E-state index is 12.3. The van der Waals surface area contributed by atoms with Crippen LogP contribution < -0.4 is 0 Å². The second-order valence-corrected chi connectivity index (χ2v) is 5.82. The normalized spacial score (nSPS) is 11.5. The fraction of sp³-hybridized carbons (Fsp3) is 0.467. The molecule has 0 unspecified atom stereocenters. The minimum atomic E-state index is -0.893. The molecule has 0 bridgehead atoms. The molecular formula is C15H21N5O2. The van der Waals surface area contributed by atoms with Crippen LogP contribution in [0.1, 0.15) is 26.3 Å². The Kier molecular flexibility index (Phi) is 4.87. The minimum absolute atomic E-state index is 0.000187. The molecular weight excluding hydrogens is 282 g/mol. The van der Waals surface area contributed by atoms with E-state index in [1.54, 1.807) is 23.4 Å². The second kappa shape index (κ2) is 6.65. The molecule has 1 heterocycles. The smallest absolute Gasteiger partial charge is 0.227 e. The highest BCUT2D eigenvalue weighted by Gasteiger charge is 2.21. The van der Waals surface area contributed by atoms with Crippen LogP contribution in [0, 0.1) is 0 Å². The number of carbonyl (C=O) groups excluding carboxylic acids is 1. The monoisotopic (exact) mass is 303 g/mol. The van der Waals surface area contributed by atoms with Crippen molar-refractivity contribution < 1.29 is 9.90 Å². The van der Waals surface area contributed by atoms with E-state index < -0.39 is 5.60 Å². The van der Waals surface area contributed by atoms with Crippen LogP contribution in [0.5, 0.6) is 0 Å². The van der Waals surface area contributed by atoms with Gasteiger partial charge in [-0.15, -0.1) is 5.10 Å². The van der Waals surface area contributed by atoms with Crippen molar-refractivity contribution in [1.82, 2.24) is 25.1 Å². The zero-order chi connectivity index (χ0) is 16.2. The molecule has 1 N–H and O–H groups in total. The molecule has 1 aromatic carbocycles. The van der Waals surface area contributed by atoms with Crippen molar-refractivity contribution in [2.45, 2.75) is 32.8 Å². The number of tetrazole rings is 1. The van der Waals surface area contributed by atoms with E-state index in [0.29, 0.717) is 19.5 Å². The van der Waals surface area contributed by atoms with Crippen molar-refractivity contribution in [3.05, 3.63) is 36.2 Å². The highest BCUT2D eigenvalue weighted by atomic mass is 16.3. The van der Waals surface area contributed by atoms with Crippen LogP contribution in [0.3, 0.4) is 0 Å². The summed E-state index contributed by atoms with van der Waals surface area (Å²) < 4.78 is 1.55. The van der Waals surface area contributed by atoms with Crippen molar-refractivity contribution in [1.29, 1.82) is 0 Å². The lowest BCUT2D eigenvalue weighted by molar-refractivity contribution is -0.133. The molecule has 0 aliphatic carbocycles. The molecule has 7 heteroatoms. The SMILES string of the molecule is CCN(CC(C)(C)O)C(=O)Cc1ccc(-n2cnnn2)cc1. The molecule has 0 aliphatic rings. The Morgan fingerprint density at radius 2 is 2.00 bits per heavy atom. The number of hydrogen-bond donors (Lipinski definition) is 1. The summed E-state index contributed by atoms with van der Waals surface area (Å²) >= 11 is 0. The molecule has 0 aliphatic heterocycles. The van der Waals surface area contributed by atoms with Crippen LogP contribution in [-0.2, 0) is 11.2 Å².